The first kappa shape index (κ1) is 14.1. The molecule has 2 heterocycles. The average Bonchev–Trinajstić information content (AvgIpc) is 2.25. The van der Waals surface area contributed by atoms with Gasteiger partial charge in [0.25, 0.3) is 0 Å². The van der Waals surface area contributed by atoms with Gasteiger partial charge in [0.1, 0.15) is 11.1 Å². The van der Waals surface area contributed by atoms with Gasteiger partial charge < -0.3 is 15.2 Å². The number of carbonyl (C=O) groups is 1. The van der Waals surface area contributed by atoms with E-state index < -0.39 is 11.1 Å². The topological polar surface area (TPSA) is 88.6 Å². The first-order valence-electron chi connectivity index (χ1n) is 6.53. The van der Waals surface area contributed by atoms with Crippen molar-refractivity contribution in [3.8, 4) is 6.07 Å². The van der Waals surface area contributed by atoms with Gasteiger partial charge in [0, 0.05) is 12.8 Å². The third kappa shape index (κ3) is 2.99. The zero-order chi connectivity index (χ0) is 14.3. The van der Waals surface area contributed by atoms with Crippen molar-refractivity contribution in [1.82, 2.24) is 4.90 Å². The number of nitriles is 1. The van der Waals surface area contributed by atoms with Crippen LogP contribution in [-0.2, 0) is 9.47 Å². The number of fused-ring (bicyclic) bond motifs is 2. The van der Waals surface area contributed by atoms with E-state index in [4.69, 9.17) is 20.5 Å². The van der Waals surface area contributed by atoms with Gasteiger partial charge in [0.2, 0.25) is 0 Å². The van der Waals surface area contributed by atoms with Crippen LogP contribution in [0, 0.1) is 11.3 Å². The van der Waals surface area contributed by atoms with E-state index in [2.05, 4.69) is 6.07 Å². The van der Waals surface area contributed by atoms with Crippen LogP contribution in [0.25, 0.3) is 0 Å². The lowest BCUT2D eigenvalue weighted by molar-refractivity contribution is -0.0879. The van der Waals surface area contributed by atoms with E-state index in [0.717, 1.165) is 0 Å². The maximum atomic E-state index is 12.3. The Hall–Kier alpha value is -1.32. The standard InChI is InChI=1S/C13H21N3O3/c1-12(2,3)19-11(17)16-9-4-13(15,8-14)5-10(16)7-18-6-9/h9-10H,4-7,15H2,1-3H3. The minimum atomic E-state index is -0.863. The van der Waals surface area contributed by atoms with Gasteiger partial charge in [-0.15, -0.1) is 0 Å². The Bertz CT molecular complexity index is 396. The van der Waals surface area contributed by atoms with Gasteiger partial charge in [-0.1, -0.05) is 0 Å². The summed E-state index contributed by atoms with van der Waals surface area (Å²) in [5.41, 5.74) is 4.65. The molecule has 0 spiro atoms. The normalized spacial score (nSPS) is 34.6. The number of amides is 1. The quantitative estimate of drug-likeness (QED) is 0.707. The fraction of sp³-hybridized carbons (Fsp3) is 0.846. The summed E-state index contributed by atoms with van der Waals surface area (Å²) in [5.74, 6) is 0. The number of morpholine rings is 1. The predicted molar refractivity (Wildman–Crippen MR) is 68.2 cm³/mol. The maximum absolute atomic E-state index is 12.3. The molecule has 6 nitrogen and oxygen atoms in total. The Morgan fingerprint density at radius 2 is 1.95 bits per heavy atom. The Morgan fingerprint density at radius 3 is 2.37 bits per heavy atom. The van der Waals surface area contributed by atoms with Crippen molar-refractivity contribution >= 4 is 6.09 Å². The van der Waals surface area contributed by atoms with E-state index in [0.29, 0.717) is 26.1 Å². The number of ether oxygens (including phenoxy) is 2. The van der Waals surface area contributed by atoms with Crippen LogP contribution in [0.15, 0.2) is 0 Å². The molecule has 19 heavy (non-hydrogen) atoms. The highest BCUT2D eigenvalue weighted by Gasteiger charge is 2.48. The summed E-state index contributed by atoms with van der Waals surface area (Å²) in [6.07, 6.45) is 0.518. The van der Waals surface area contributed by atoms with Crippen LogP contribution in [0.3, 0.4) is 0 Å². The lowest BCUT2D eigenvalue weighted by atomic mass is 9.80. The van der Waals surface area contributed by atoms with Crippen molar-refractivity contribution in [3.63, 3.8) is 0 Å². The van der Waals surface area contributed by atoms with E-state index in [1.807, 2.05) is 20.8 Å². The molecule has 2 aliphatic rings. The average molecular weight is 267 g/mol. The summed E-state index contributed by atoms with van der Waals surface area (Å²) in [6, 6.07) is 1.81. The third-order valence-electron chi connectivity index (χ3n) is 3.43. The SMILES string of the molecule is CC(C)(C)OC(=O)N1C2COCC1CC(N)(C#N)C2. The number of nitrogens with two attached hydrogens (primary N) is 1. The van der Waals surface area contributed by atoms with Gasteiger partial charge in [-0.3, -0.25) is 4.90 Å². The zero-order valence-electron chi connectivity index (χ0n) is 11.7. The van der Waals surface area contributed by atoms with Crippen molar-refractivity contribution in [3.05, 3.63) is 0 Å². The van der Waals surface area contributed by atoms with Gasteiger partial charge in [-0.2, -0.15) is 5.26 Å². The third-order valence-corrected chi connectivity index (χ3v) is 3.43. The van der Waals surface area contributed by atoms with Gasteiger partial charge in [0.15, 0.2) is 0 Å². The maximum Gasteiger partial charge on any atom is 0.410 e. The van der Waals surface area contributed by atoms with E-state index in [-0.39, 0.29) is 18.2 Å². The second kappa shape index (κ2) is 4.66. The number of rotatable bonds is 0. The largest absolute Gasteiger partial charge is 0.444 e. The first-order valence-corrected chi connectivity index (χ1v) is 6.53. The van der Waals surface area contributed by atoms with Gasteiger partial charge in [-0.25, -0.2) is 4.79 Å². The second-order valence-electron chi connectivity index (χ2n) is 6.41. The van der Waals surface area contributed by atoms with Crippen LogP contribution in [-0.4, -0.2) is 47.4 Å². The lowest BCUT2D eigenvalue weighted by Crippen LogP contribution is -2.65. The van der Waals surface area contributed by atoms with Crippen molar-refractivity contribution in [1.29, 1.82) is 5.26 Å². The molecule has 2 bridgehead atoms. The molecule has 2 rings (SSSR count). The highest BCUT2D eigenvalue weighted by molar-refractivity contribution is 5.69. The lowest BCUT2D eigenvalue weighted by Gasteiger charge is -2.49. The highest BCUT2D eigenvalue weighted by atomic mass is 16.6. The fourth-order valence-electron chi connectivity index (χ4n) is 2.74. The molecular formula is C13H21N3O3. The minimum Gasteiger partial charge on any atom is -0.444 e. The molecule has 2 atom stereocenters. The molecule has 2 aliphatic heterocycles. The summed E-state index contributed by atoms with van der Waals surface area (Å²) in [6.45, 7) is 6.34. The van der Waals surface area contributed by atoms with E-state index in [1.54, 1.807) is 4.90 Å². The molecule has 1 amide bonds. The molecule has 106 valence electrons. The monoisotopic (exact) mass is 267 g/mol. The summed E-state index contributed by atoms with van der Waals surface area (Å²) >= 11 is 0. The molecule has 0 radical (unpaired) electrons. The molecular weight excluding hydrogens is 246 g/mol. The van der Waals surface area contributed by atoms with E-state index >= 15 is 0 Å². The van der Waals surface area contributed by atoms with Gasteiger partial charge in [-0.05, 0) is 20.8 Å². The van der Waals surface area contributed by atoms with Crippen molar-refractivity contribution in [2.45, 2.75) is 56.8 Å². The zero-order valence-corrected chi connectivity index (χ0v) is 11.7. The number of piperidine rings is 1. The van der Waals surface area contributed by atoms with Crippen LogP contribution >= 0.6 is 0 Å². The number of nitrogens with zero attached hydrogens (tertiary/aromatic N) is 2. The Kier molecular flexibility index (Phi) is 3.45. The first-order chi connectivity index (χ1) is 8.74. The molecule has 6 heteroatoms. The molecule has 2 saturated heterocycles. The minimum absolute atomic E-state index is 0.174. The summed E-state index contributed by atoms with van der Waals surface area (Å²) in [5, 5.41) is 9.17. The molecule has 2 unspecified atom stereocenters. The molecule has 0 aromatic carbocycles. The van der Waals surface area contributed by atoms with Crippen molar-refractivity contribution in [2.75, 3.05) is 13.2 Å². The molecule has 0 aromatic heterocycles. The van der Waals surface area contributed by atoms with Crippen LogP contribution in [0.5, 0.6) is 0 Å². The number of carbonyl (C=O) groups excluding carboxylic acids is 1. The highest BCUT2D eigenvalue weighted by Crippen LogP contribution is 2.33. The molecule has 2 N–H and O–H groups in total. The second-order valence-corrected chi connectivity index (χ2v) is 6.41. The van der Waals surface area contributed by atoms with Crippen LogP contribution in [0.2, 0.25) is 0 Å². The van der Waals surface area contributed by atoms with Crippen LogP contribution < -0.4 is 5.73 Å². The summed E-state index contributed by atoms with van der Waals surface area (Å²) < 4.78 is 10.9. The molecule has 0 aromatic rings. The van der Waals surface area contributed by atoms with Crippen molar-refractivity contribution in [2.24, 2.45) is 5.73 Å². The Labute approximate surface area is 113 Å². The molecule has 0 aliphatic carbocycles. The summed E-state index contributed by atoms with van der Waals surface area (Å²) in [4.78, 5) is 14.0. The Balaban J connectivity index is 2.15. The Morgan fingerprint density at radius 1 is 1.42 bits per heavy atom. The van der Waals surface area contributed by atoms with Gasteiger partial charge in [0.05, 0.1) is 31.4 Å². The predicted octanol–water partition coefficient (Wildman–Crippen LogP) is 1.01. The van der Waals surface area contributed by atoms with Crippen molar-refractivity contribution < 1.29 is 14.3 Å². The molecule has 0 saturated carbocycles. The van der Waals surface area contributed by atoms with E-state index in [9.17, 15) is 4.79 Å². The fourth-order valence-corrected chi connectivity index (χ4v) is 2.74. The van der Waals surface area contributed by atoms with Crippen LogP contribution in [0.4, 0.5) is 4.79 Å². The number of hydrogen-bond acceptors (Lipinski definition) is 5. The smallest absolute Gasteiger partial charge is 0.410 e. The summed E-state index contributed by atoms with van der Waals surface area (Å²) in [7, 11) is 0. The van der Waals surface area contributed by atoms with Gasteiger partial charge >= 0.3 is 6.09 Å². The van der Waals surface area contributed by atoms with Crippen LogP contribution in [0.1, 0.15) is 33.6 Å². The molecule has 2 fully saturated rings. The number of hydrogen-bond donors (Lipinski definition) is 1. The van der Waals surface area contributed by atoms with E-state index in [1.165, 1.54) is 0 Å².